The van der Waals surface area contributed by atoms with Gasteiger partial charge in [-0.05, 0) is 55.0 Å². The van der Waals surface area contributed by atoms with Crippen LogP contribution in [0.2, 0.25) is 0 Å². The molecule has 0 spiro atoms. The number of thiocarbonyl (C=S) groups is 1. The molecule has 0 unspecified atom stereocenters. The van der Waals surface area contributed by atoms with E-state index in [1.165, 1.54) is 31.4 Å². The van der Waals surface area contributed by atoms with Gasteiger partial charge in [0.2, 0.25) is 0 Å². The fraction of sp³-hybridized carbons (Fsp3) is 0.176. The minimum atomic E-state index is -0.457. The highest BCUT2D eigenvalue weighted by Crippen LogP contribution is 2.17. The third kappa shape index (κ3) is 4.99. The van der Waals surface area contributed by atoms with E-state index in [2.05, 4.69) is 15.8 Å². The Kier molecular flexibility index (Phi) is 6.20. The summed E-state index contributed by atoms with van der Waals surface area (Å²) >= 11 is 5.12. The molecule has 0 atom stereocenters. The molecule has 0 radical (unpaired) electrons. The van der Waals surface area contributed by atoms with Crippen LogP contribution in [0.25, 0.3) is 0 Å². The number of hydrazone groups is 1. The van der Waals surface area contributed by atoms with Gasteiger partial charge in [0.15, 0.2) is 16.7 Å². The van der Waals surface area contributed by atoms with Gasteiger partial charge in [-0.1, -0.05) is 12.1 Å². The molecule has 0 saturated heterocycles. The molecule has 2 aromatic carbocycles. The SMILES string of the molecule is COc1ccc(/C(C)=N\NC(=S)NCc2ccc(F)cc2)cc1F. The number of hydrogen-bond acceptors (Lipinski definition) is 3. The smallest absolute Gasteiger partial charge is 0.187 e. The minimum Gasteiger partial charge on any atom is -0.494 e. The van der Waals surface area contributed by atoms with E-state index in [0.717, 1.165) is 5.56 Å². The van der Waals surface area contributed by atoms with Gasteiger partial charge in [-0.25, -0.2) is 8.78 Å². The van der Waals surface area contributed by atoms with Crippen molar-refractivity contribution in [3.05, 3.63) is 65.2 Å². The first-order chi connectivity index (χ1) is 11.5. The summed E-state index contributed by atoms with van der Waals surface area (Å²) in [5, 5.41) is 7.38. The summed E-state index contributed by atoms with van der Waals surface area (Å²) < 4.78 is 31.4. The largest absolute Gasteiger partial charge is 0.494 e. The molecule has 7 heteroatoms. The van der Waals surface area contributed by atoms with Crippen LogP contribution in [0.1, 0.15) is 18.1 Å². The van der Waals surface area contributed by atoms with Crippen molar-refractivity contribution in [1.82, 2.24) is 10.7 Å². The topological polar surface area (TPSA) is 45.6 Å². The van der Waals surface area contributed by atoms with E-state index in [9.17, 15) is 8.78 Å². The number of hydrogen-bond donors (Lipinski definition) is 2. The average Bonchev–Trinajstić information content (AvgIpc) is 2.59. The van der Waals surface area contributed by atoms with Gasteiger partial charge in [-0.2, -0.15) is 5.10 Å². The van der Waals surface area contributed by atoms with Crippen molar-refractivity contribution < 1.29 is 13.5 Å². The van der Waals surface area contributed by atoms with Gasteiger partial charge in [-0.15, -0.1) is 0 Å². The van der Waals surface area contributed by atoms with Gasteiger partial charge in [0.1, 0.15) is 5.82 Å². The Morgan fingerprint density at radius 3 is 2.50 bits per heavy atom. The Hall–Kier alpha value is -2.54. The number of nitrogens with zero attached hydrogens (tertiary/aromatic N) is 1. The van der Waals surface area contributed by atoms with Gasteiger partial charge in [0, 0.05) is 12.1 Å². The highest BCUT2D eigenvalue weighted by atomic mass is 32.1. The van der Waals surface area contributed by atoms with Crippen LogP contribution in [-0.4, -0.2) is 17.9 Å². The van der Waals surface area contributed by atoms with Crippen LogP contribution in [0, 0.1) is 11.6 Å². The molecule has 24 heavy (non-hydrogen) atoms. The average molecular weight is 349 g/mol. The molecule has 0 aromatic heterocycles. The Labute approximate surface area is 144 Å². The second kappa shape index (κ2) is 8.35. The molecule has 0 fully saturated rings. The monoisotopic (exact) mass is 349 g/mol. The van der Waals surface area contributed by atoms with E-state index in [4.69, 9.17) is 17.0 Å². The molecular weight excluding hydrogens is 332 g/mol. The van der Waals surface area contributed by atoms with E-state index in [1.807, 2.05) is 0 Å². The number of nitrogens with one attached hydrogen (secondary N) is 2. The summed E-state index contributed by atoms with van der Waals surface area (Å²) in [4.78, 5) is 0. The number of rotatable bonds is 5. The van der Waals surface area contributed by atoms with Crippen LogP contribution in [0.5, 0.6) is 5.75 Å². The molecule has 0 aliphatic heterocycles. The Morgan fingerprint density at radius 1 is 1.17 bits per heavy atom. The first-order valence-electron chi connectivity index (χ1n) is 7.16. The second-order valence-electron chi connectivity index (χ2n) is 4.97. The first kappa shape index (κ1) is 17.8. The zero-order chi connectivity index (χ0) is 17.5. The van der Waals surface area contributed by atoms with Crippen LogP contribution in [0.4, 0.5) is 8.78 Å². The molecule has 0 aliphatic carbocycles. The van der Waals surface area contributed by atoms with Crippen molar-refractivity contribution in [3.8, 4) is 5.75 Å². The predicted molar refractivity (Wildman–Crippen MR) is 94.1 cm³/mol. The van der Waals surface area contributed by atoms with Crippen molar-refractivity contribution in [2.24, 2.45) is 5.10 Å². The van der Waals surface area contributed by atoms with Crippen LogP contribution in [0.3, 0.4) is 0 Å². The molecule has 4 nitrogen and oxygen atoms in total. The fourth-order valence-electron chi connectivity index (χ4n) is 1.91. The molecule has 0 heterocycles. The molecule has 2 rings (SSSR count). The zero-order valence-corrected chi connectivity index (χ0v) is 14.1. The van der Waals surface area contributed by atoms with Crippen molar-refractivity contribution in [2.75, 3.05) is 7.11 Å². The van der Waals surface area contributed by atoms with E-state index >= 15 is 0 Å². The number of benzene rings is 2. The van der Waals surface area contributed by atoms with Crippen LogP contribution < -0.4 is 15.5 Å². The molecule has 2 aromatic rings. The summed E-state index contributed by atoms with van der Waals surface area (Å²) in [6, 6.07) is 10.7. The summed E-state index contributed by atoms with van der Waals surface area (Å²) in [6.45, 7) is 2.18. The van der Waals surface area contributed by atoms with Gasteiger partial charge >= 0.3 is 0 Å². The maximum absolute atomic E-state index is 13.7. The quantitative estimate of drug-likeness (QED) is 0.494. The molecular formula is C17H17F2N3OS. The number of methoxy groups -OCH3 is 1. The standard InChI is InChI=1S/C17H17F2N3OS/c1-11(13-5-8-16(23-2)15(19)9-13)21-22-17(24)20-10-12-3-6-14(18)7-4-12/h3-9H,10H2,1-2H3,(H2,20,22,24)/b21-11-. The molecule has 0 bridgehead atoms. The van der Waals surface area contributed by atoms with E-state index < -0.39 is 5.82 Å². The normalized spacial score (nSPS) is 11.1. The third-order valence-corrected chi connectivity index (χ3v) is 3.50. The van der Waals surface area contributed by atoms with Gasteiger partial charge in [0.05, 0.1) is 12.8 Å². The molecule has 0 amide bonds. The van der Waals surface area contributed by atoms with Crippen molar-refractivity contribution in [2.45, 2.75) is 13.5 Å². The second-order valence-corrected chi connectivity index (χ2v) is 5.38. The number of halogens is 2. The lowest BCUT2D eigenvalue weighted by Gasteiger charge is -2.09. The first-order valence-corrected chi connectivity index (χ1v) is 7.57. The molecule has 126 valence electrons. The Morgan fingerprint density at radius 2 is 1.88 bits per heavy atom. The lowest BCUT2D eigenvalue weighted by molar-refractivity contribution is 0.386. The van der Waals surface area contributed by atoms with Crippen LogP contribution in [-0.2, 0) is 6.54 Å². The highest BCUT2D eigenvalue weighted by molar-refractivity contribution is 7.80. The highest BCUT2D eigenvalue weighted by Gasteiger charge is 2.05. The summed E-state index contributed by atoms with van der Waals surface area (Å²) in [5.41, 5.74) is 4.76. The molecule has 2 N–H and O–H groups in total. The van der Waals surface area contributed by atoms with E-state index in [-0.39, 0.29) is 11.6 Å². The van der Waals surface area contributed by atoms with Gasteiger partial charge in [0.25, 0.3) is 0 Å². The Bertz CT molecular complexity index is 748. The summed E-state index contributed by atoms with van der Waals surface area (Å²) in [6.07, 6.45) is 0. The van der Waals surface area contributed by atoms with Gasteiger partial charge in [-0.3, -0.25) is 5.43 Å². The molecule has 0 aliphatic rings. The maximum Gasteiger partial charge on any atom is 0.187 e. The van der Waals surface area contributed by atoms with Crippen molar-refractivity contribution in [1.29, 1.82) is 0 Å². The van der Waals surface area contributed by atoms with E-state index in [1.54, 1.807) is 25.1 Å². The lowest BCUT2D eigenvalue weighted by atomic mass is 10.1. The lowest BCUT2D eigenvalue weighted by Crippen LogP contribution is -2.32. The van der Waals surface area contributed by atoms with Crippen LogP contribution >= 0.6 is 12.2 Å². The van der Waals surface area contributed by atoms with E-state index in [0.29, 0.717) is 22.9 Å². The third-order valence-electron chi connectivity index (χ3n) is 3.26. The van der Waals surface area contributed by atoms with Gasteiger partial charge < -0.3 is 10.1 Å². The van der Waals surface area contributed by atoms with Crippen molar-refractivity contribution >= 4 is 23.0 Å². The predicted octanol–water partition coefficient (Wildman–Crippen LogP) is 3.36. The zero-order valence-electron chi connectivity index (χ0n) is 13.3. The maximum atomic E-state index is 13.7. The summed E-state index contributed by atoms with van der Waals surface area (Å²) in [5.74, 6) is -0.566. The van der Waals surface area contributed by atoms with Crippen LogP contribution in [0.15, 0.2) is 47.6 Å². The summed E-state index contributed by atoms with van der Waals surface area (Å²) in [7, 11) is 1.41. The van der Waals surface area contributed by atoms with Crippen molar-refractivity contribution in [3.63, 3.8) is 0 Å². The Balaban J connectivity index is 1.90. The number of ether oxygens (including phenoxy) is 1. The fourth-order valence-corrected chi connectivity index (χ4v) is 2.03. The molecule has 0 saturated carbocycles. The minimum absolute atomic E-state index is 0.177.